The summed E-state index contributed by atoms with van der Waals surface area (Å²) in [6.07, 6.45) is 8.95. The van der Waals surface area contributed by atoms with Gasteiger partial charge in [-0.1, -0.05) is 19.3 Å². The summed E-state index contributed by atoms with van der Waals surface area (Å²) in [6, 6.07) is 0. The molecule has 7 heteroatoms. The summed E-state index contributed by atoms with van der Waals surface area (Å²) in [4.78, 5) is 6.65. The van der Waals surface area contributed by atoms with E-state index in [0.717, 1.165) is 56.7 Å². The molecular weight excluding hydrogens is 318 g/mol. The molecule has 0 bridgehead atoms. The normalized spacial score (nSPS) is 24.5. The molecule has 1 saturated heterocycles. The highest BCUT2D eigenvalue weighted by Gasteiger charge is 2.29. The number of hydrogen-bond acceptors (Lipinski definition) is 5. The predicted octanol–water partition coefficient (Wildman–Crippen LogP) is 2.61. The van der Waals surface area contributed by atoms with Gasteiger partial charge < -0.3 is 4.90 Å². The second-order valence-corrected chi connectivity index (χ2v) is 9.34. The van der Waals surface area contributed by atoms with Crippen LogP contribution in [0.15, 0.2) is 11.6 Å². The molecule has 2 heterocycles. The van der Waals surface area contributed by atoms with Gasteiger partial charge in [-0.3, -0.25) is 0 Å². The van der Waals surface area contributed by atoms with Gasteiger partial charge in [-0.25, -0.2) is 18.1 Å². The number of rotatable bonds is 5. The Labute approximate surface area is 137 Å². The molecule has 1 N–H and O–H groups in total. The summed E-state index contributed by atoms with van der Waals surface area (Å²) in [7, 11) is -3.14. The van der Waals surface area contributed by atoms with Crippen LogP contribution in [0.3, 0.4) is 0 Å². The monoisotopic (exact) mass is 343 g/mol. The van der Waals surface area contributed by atoms with Crippen molar-refractivity contribution in [2.45, 2.75) is 50.2 Å². The molecule has 2 aliphatic rings. The average molecular weight is 344 g/mol. The van der Waals surface area contributed by atoms with Crippen LogP contribution >= 0.6 is 11.3 Å². The average Bonchev–Trinajstić information content (AvgIpc) is 3.09. The van der Waals surface area contributed by atoms with Gasteiger partial charge in [0.1, 0.15) is 0 Å². The molecule has 1 aromatic rings. The maximum Gasteiger partial charge on any atom is 0.214 e. The van der Waals surface area contributed by atoms with Gasteiger partial charge in [0, 0.05) is 31.2 Å². The zero-order valence-electron chi connectivity index (χ0n) is 12.9. The molecule has 1 aromatic heterocycles. The Kier molecular flexibility index (Phi) is 5.36. The molecule has 0 aromatic carbocycles. The first-order valence-electron chi connectivity index (χ1n) is 8.28. The van der Waals surface area contributed by atoms with Crippen LogP contribution < -0.4 is 9.62 Å². The SMILES string of the molecule is O=S(=O)(NCC1CCCN(c2nccs2)C1)C1CCCCC1. The van der Waals surface area contributed by atoms with Gasteiger partial charge in [0.05, 0.1) is 5.25 Å². The van der Waals surface area contributed by atoms with Crippen LogP contribution in [0.2, 0.25) is 0 Å². The number of hydrogen-bond donors (Lipinski definition) is 1. The summed E-state index contributed by atoms with van der Waals surface area (Å²) in [5, 5.41) is 2.88. The van der Waals surface area contributed by atoms with E-state index in [2.05, 4.69) is 14.6 Å². The van der Waals surface area contributed by atoms with Crippen molar-refractivity contribution in [2.24, 2.45) is 5.92 Å². The number of nitrogens with zero attached hydrogens (tertiary/aromatic N) is 2. The molecular formula is C15H25N3O2S2. The van der Waals surface area contributed by atoms with Crippen LogP contribution in [0.25, 0.3) is 0 Å². The zero-order chi connectivity index (χ0) is 15.4. The van der Waals surface area contributed by atoms with Crippen molar-refractivity contribution in [3.63, 3.8) is 0 Å². The summed E-state index contributed by atoms with van der Waals surface area (Å²) in [5.74, 6) is 0.385. The van der Waals surface area contributed by atoms with Crippen molar-refractivity contribution in [2.75, 3.05) is 24.5 Å². The topological polar surface area (TPSA) is 62.3 Å². The number of nitrogens with one attached hydrogen (secondary N) is 1. The van der Waals surface area contributed by atoms with Crippen LogP contribution in [-0.2, 0) is 10.0 Å². The molecule has 1 aliphatic heterocycles. The minimum Gasteiger partial charge on any atom is -0.348 e. The van der Waals surface area contributed by atoms with Crippen LogP contribution in [-0.4, -0.2) is 38.3 Å². The maximum atomic E-state index is 12.4. The minimum absolute atomic E-state index is 0.167. The number of sulfonamides is 1. The van der Waals surface area contributed by atoms with E-state index in [1.165, 1.54) is 6.42 Å². The minimum atomic E-state index is -3.14. The second-order valence-electron chi connectivity index (χ2n) is 6.42. The Bertz CT molecular complexity index is 553. The Balaban J connectivity index is 1.52. The lowest BCUT2D eigenvalue weighted by Crippen LogP contribution is -2.43. The summed E-state index contributed by atoms with van der Waals surface area (Å²) >= 11 is 1.65. The van der Waals surface area contributed by atoms with Crippen molar-refractivity contribution in [3.8, 4) is 0 Å². The molecule has 0 amide bonds. The summed E-state index contributed by atoms with van der Waals surface area (Å²) < 4.78 is 27.7. The van der Waals surface area contributed by atoms with Crippen LogP contribution in [0, 0.1) is 5.92 Å². The molecule has 1 unspecified atom stereocenters. The number of piperidine rings is 1. The largest absolute Gasteiger partial charge is 0.348 e. The van der Waals surface area contributed by atoms with Crippen LogP contribution in [0.1, 0.15) is 44.9 Å². The summed E-state index contributed by atoms with van der Waals surface area (Å²) in [5.41, 5.74) is 0. The third kappa shape index (κ3) is 4.00. The van der Waals surface area contributed by atoms with Gasteiger partial charge >= 0.3 is 0 Å². The van der Waals surface area contributed by atoms with Gasteiger partial charge in [-0.2, -0.15) is 0 Å². The third-order valence-electron chi connectivity index (χ3n) is 4.77. The van der Waals surface area contributed by atoms with E-state index in [-0.39, 0.29) is 5.25 Å². The molecule has 22 heavy (non-hydrogen) atoms. The van der Waals surface area contributed by atoms with Crippen LogP contribution in [0.5, 0.6) is 0 Å². The third-order valence-corrected chi connectivity index (χ3v) is 7.52. The highest BCUT2D eigenvalue weighted by Crippen LogP contribution is 2.26. The molecule has 0 radical (unpaired) electrons. The van der Waals surface area contributed by atoms with Crippen molar-refractivity contribution in [3.05, 3.63) is 11.6 Å². The number of aromatic nitrogens is 1. The number of anilines is 1. The van der Waals surface area contributed by atoms with E-state index in [1.54, 1.807) is 11.3 Å². The zero-order valence-corrected chi connectivity index (χ0v) is 14.5. The van der Waals surface area contributed by atoms with Gasteiger partial charge in [0.25, 0.3) is 0 Å². The molecule has 5 nitrogen and oxygen atoms in total. The van der Waals surface area contributed by atoms with Crippen molar-refractivity contribution < 1.29 is 8.42 Å². The standard InChI is InChI=1S/C15H25N3O2S2/c19-22(20,14-6-2-1-3-7-14)17-11-13-5-4-9-18(12-13)15-16-8-10-21-15/h8,10,13-14,17H,1-7,9,11-12H2. The highest BCUT2D eigenvalue weighted by atomic mass is 32.2. The van der Waals surface area contributed by atoms with E-state index in [0.29, 0.717) is 12.5 Å². The van der Waals surface area contributed by atoms with Crippen molar-refractivity contribution >= 4 is 26.5 Å². The first kappa shape index (κ1) is 16.2. The lowest BCUT2D eigenvalue weighted by molar-refractivity contribution is 0.406. The Hall–Kier alpha value is -0.660. The van der Waals surface area contributed by atoms with Gasteiger partial charge in [-0.15, -0.1) is 11.3 Å². The van der Waals surface area contributed by atoms with E-state index in [1.807, 2.05) is 11.6 Å². The molecule has 1 saturated carbocycles. The number of thiazole rings is 1. The molecule has 0 spiro atoms. The fraction of sp³-hybridized carbons (Fsp3) is 0.800. The fourth-order valence-electron chi connectivity index (χ4n) is 3.50. The second kappa shape index (κ2) is 7.27. The van der Waals surface area contributed by atoms with E-state index in [9.17, 15) is 8.42 Å². The highest BCUT2D eigenvalue weighted by molar-refractivity contribution is 7.90. The lowest BCUT2D eigenvalue weighted by Gasteiger charge is -2.33. The van der Waals surface area contributed by atoms with Crippen molar-refractivity contribution in [1.82, 2.24) is 9.71 Å². The lowest BCUT2D eigenvalue weighted by atomic mass is 9.99. The quantitative estimate of drug-likeness (QED) is 0.893. The Morgan fingerprint density at radius 2 is 2.05 bits per heavy atom. The predicted molar refractivity (Wildman–Crippen MR) is 90.8 cm³/mol. The van der Waals surface area contributed by atoms with Crippen LogP contribution in [0.4, 0.5) is 5.13 Å². The van der Waals surface area contributed by atoms with E-state index in [4.69, 9.17) is 0 Å². The molecule has 124 valence electrons. The fourth-order valence-corrected chi connectivity index (χ4v) is 5.84. The van der Waals surface area contributed by atoms with Crippen molar-refractivity contribution in [1.29, 1.82) is 0 Å². The van der Waals surface area contributed by atoms with E-state index >= 15 is 0 Å². The van der Waals surface area contributed by atoms with Gasteiger partial charge in [-0.05, 0) is 31.6 Å². The maximum absolute atomic E-state index is 12.4. The van der Waals surface area contributed by atoms with E-state index < -0.39 is 10.0 Å². The summed E-state index contributed by atoms with van der Waals surface area (Å²) in [6.45, 7) is 2.50. The Morgan fingerprint density at radius 1 is 1.23 bits per heavy atom. The molecule has 1 aliphatic carbocycles. The first-order chi connectivity index (χ1) is 10.6. The molecule has 3 rings (SSSR count). The first-order valence-corrected chi connectivity index (χ1v) is 10.7. The smallest absolute Gasteiger partial charge is 0.214 e. The van der Waals surface area contributed by atoms with Gasteiger partial charge in [0.2, 0.25) is 10.0 Å². The molecule has 2 fully saturated rings. The van der Waals surface area contributed by atoms with Gasteiger partial charge in [0.15, 0.2) is 5.13 Å². The molecule has 1 atom stereocenters. The Morgan fingerprint density at radius 3 is 2.77 bits per heavy atom.